The molecule has 1 aromatic rings. The number of aliphatic hydroxyl groups is 1. The Labute approximate surface area is 96.5 Å². The van der Waals surface area contributed by atoms with Gasteiger partial charge in [-0.1, -0.05) is 0 Å². The Morgan fingerprint density at radius 1 is 1.24 bits per heavy atom. The molecule has 0 bridgehead atoms. The monoisotopic (exact) mass is 251 g/mol. The maximum atomic E-state index is 13.1. The van der Waals surface area contributed by atoms with Gasteiger partial charge in [-0.15, -0.1) is 0 Å². The highest BCUT2D eigenvalue weighted by molar-refractivity contribution is 5.48. The average molecular weight is 251 g/mol. The number of nitrogens with zero attached hydrogens (tertiary/aromatic N) is 1. The van der Waals surface area contributed by atoms with E-state index in [1.807, 2.05) is 0 Å². The van der Waals surface area contributed by atoms with Crippen LogP contribution < -0.4 is 4.90 Å². The fourth-order valence-electron chi connectivity index (χ4n) is 1.37. The van der Waals surface area contributed by atoms with E-state index in [9.17, 15) is 17.6 Å². The molecular formula is C11H13F4NO. The van der Waals surface area contributed by atoms with E-state index in [0.717, 1.165) is 12.1 Å². The summed E-state index contributed by atoms with van der Waals surface area (Å²) in [7, 11) is 1.45. The van der Waals surface area contributed by atoms with Crippen LogP contribution in [0.15, 0.2) is 18.2 Å². The number of hydrogen-bond donors (Lipinski definition) is 1. The molecule has 17 heavy (non-hydrogen) atoms. The molecule has 0 radical (unpaired) electrons. The minimum Gasteiger partial charge on any atom is -0.392 e. The lowest BCUT2D eigenvalue weighted by atomic mass is 10.2. The van der Waals surface area contributed by atoms with Gasteiger partial charge in [0.15, 0.2) is 0 Å². The van der Waals surface area contributed by atoms with Crippen molar-refractivity contribution >= 4 is 5.69 Å². The zero-order chi connectivity index (χ0) is 13.1. The Kier molecular flexibility index (Phi) is 4.34. The molecule has 6 heteroatoms. The summed E-state index contributed by atoms with van der Waals surface area (Å²) in [5.41, 5.74) is 0.650. The molecule has 0 saturated carbocycles. The number of benzene rings is 1. The van der Waals surface area contributed by atoms with Crippen LogP contribution in [0.2, 0.25) is 0 Å². The van der Waals surface area contributed by atoms with Crippen LogP contribution in [0.1, 0.15) is 12.0 Å². The van der Waals surface area contributed by atoms with Gasteiger partial charge in [-0.25, -0.2) is 4.39 Å². The van der Waals surface area contributed by atoms with Gasteiger partial charge in [0, 0.05) is 19.3 Å². The predicted molar refractivity (Wildman–Crippen MR) is 56.3 cm³/mol. The van der Waals surface area contributed by atoms with Crippen LogP contribution in [0.25, 0.3) is 0 Å². The maximum absolute atomic E-state index is 13.1. The Balaban J connectivity index is 2.74. The lowest BCUT2D eigenvalue weighted by Gasteiger charge is -2.20. The fourth-order valence-corrected chi connectivity index (χ4v) is 1.37. The standard InChI is InChI=1S/C11H13F4NO/c1-16(3-2-11(13,14)15)10-5-8(7-17)4-9(12)6-10/h4-6,17H,2-3,7H2,1H3. The third-order valence-corrected chi connectivity index (χ3v) is 2.30. The van der Waals surface area contributed by atoms with Gasteiger partial charge < -0.3 is 10.0 Å². The lowest BCUT2D eigenvalue weighted by Crippen LogP contribution is -2.24. The first-order valence-electron chi connectivity index (χ1n) is 5.00. The third-order valence-electron chi connectivity index (χ3n) is 2.30. The topological polar surface area (TPSA) is 23.5 Å². The first-order chi connectivity index (χ1) is 7.81. The second-order valence-corrected chi connectivity index (χ2v) is 3.76. The Morgan fingerprint density at radius 2 is 1.88 bits per heavy atom. The van der Waals surface area contributed by atoms with Gasteiger partial charge in [-0.3, -0.25) is 0 Å². The van der Waals surface area contributed by atoms with Crippen molar-refractivity contribution in [2.24, 2.45) is 0 Å². The van der Waals surface area contributed by atoms with Gasteiger partial charge in [0.2, 0.25) is 0 Å². The van der Waals surface area contributed by atoms with E-state index >= 15 is 0 Å². The maximum Gasteiger partial charge on any atom is 0.390 e. The van der Waals surface area contributed by atoms with Gasteiger partial charge >= 0.3 is 6.18 Å². The Bertz CT molecular complexity index is 378. The normalized spacial score (nSPS) is 11.6. The molecule has 1 aromatic carbocycles. The van der Waals surface area contributed by atoms with E-state index < -0.39 is 18.4 Å². The van der Waals surface area contributed by atoms with Crippen molar-refractivity contribution in [1.82, 2.24) is 0 Å². The van der Waals surface area contributed by atoms with E-state index in [1.165, 1.54) is 18.0 Å². The molecule has 1 N–H and O–H groups in total. The molecule has 0 aliphatic carbocycles. The average Bonchev–Trinajstić information content (AvgIpc) is 2.23. The first kappa shape index (κ1) is 13.8. The number of anilines is 1. The lowest BCUT2D eigenvalue weighted by molar-refractivity contribution is -0.132. The molecule has 0 fully saturated rings. The van der Waals surface area contributed by atoms with E-state index in [-0.39, 0.29) is 13.2 Å². The van der Waals surface area contributed by atoms with E-state index in [4.69, 9.17) is 5.11 Å². The molecule has 0 aliphatic rings. The molecule has 0 atom stereocenters. The number of aliphatic hydroxyl groups excluding tert-OH is 1. The number of halogens is 4. The van der Waals surface area contributed by atoms with Gasteiger partial charge in [-0.2, -0.15) is 13.2 Å². The van der Waals surface area contributed by atoms with E-state index in [2.05, 4.69) is 0 Å². The molecule has 0 heterocycles. The van der Waals surface area contributed by atoms with Crippen molar-refractivity contribution in [2.75, 3.05) is 18.5 Å². The quantitative estimate of drug-likeness (QED) is 0.832. The number of hydrogen-bond acceptors (Lipinski definition) is 2. The summed E-state index contributed by atoms with van der Waals surface area (Å²) in [6, 6.07) is 3.73. The summed E-state index contributed by atoms with van der Waals surface area (Å²) in [6.07, 6.45) is -5.20. The second kappa shape index (κ2) is 5.35. The molecule has 0 amide bonds. The summed E-state index contributed by atoms with van der Waals surface area (Å²) in [5.74, 6) is -0.578. The third kappa shape index (κ3) is 4.60. The Hall–Kier alpha value is -1.30. The molecule has 0 aliphatic heterocycles. The SMILES string of the molecule is CN(CCC(F)(F)F)c1cc(F)cc(CO)c1. The van der Waals surface area contributed by atoms with Crippen LogP contribution >= 0.6 is 0 Å². The van der Waals surface area contributed by atoms with Crippen LogP contribution in [-0.2, 0) is 6.61 Å². The van der Waals surface area contributed by atoms with Crippen molar-refractivity contribution in [2.45, 2.75) is 19.2 Å². The molecule has 0 aromatic heterocycles. The molecule has 1 rings (SSSR count). The van der Waals surface area contributed by atoms with Crippen LogP contribution in [-0.4, -0.2) is 24.9 Å². The van der Waals surface area contributed by atoms with Crippen molar-refractivity contribution in [3.63, 3.8) is 0 Å². The zero-order valence-electron chi connectivity index (χ0n) is 9.26. The number of rotatable bonds is 4. The highest BCUT2D eigenvalue weighted by Crippen LogP contribution is 2.23. The summed E-state index contributed by atoms with van der Waals surface area (Å²) >= 11 is 0. The summed E-state index contributed by atoms with van der Waals surface area (Å²) in [6.45, 7) is -0.601. The van der Waals surface area contributed by atoms with Crippen molar-refractivity contribution in [3.05, 3.63) is 29.6 Å². The van der Waals surface area contributed by atoms with Crippen LogP contribution in [0.4, 0.5) is 23.2 Å². The molecule has 96 valence electrons. The van der Waals surface area contributed by atoms with Crippen LogP contribution in [0, 0.1) is 5.82 Å². The van der Waals surface area contributed by atoms with E-state index in [1.54, 1.807) is 0 Å². The molecular weight excluding hydrogens is 238 g/mol. The number of alkyl halides is 3. The van der Waals surface area contributed by atoms with Crippen molar-refractivity contribution < 1.29 is 22.7 Å². The van der Waals surface area contributed by atoms with Gasteiger partial charge in [-0.05, 0) is 23.8 Å². The predicted octanol–water partition coefficient (Wildman–Crippen LogP) is 2.71. The summed E-state index contributed by atoms with van der Waals surface area (Å²) in [4.78, 5) is 1.30. The molecule has 2 nitrogen and oxygen atoms in total. The van der Waals surface area contributed by atoms with Gasteiger partial charge in [0.05, 0.1) is 13.0 Å². The Morgan fingerprint density at radius 3 is 2.41 bits per heavy atom. The first-order valence-corrected chi connectivity index (χ1v) is 5.00. The fraction of sp³-hybridized carbons (Fsp3) is 0.455. The van der Waals surface area contributed by atoms with Crippen molar-refractivity contribution in [1.29, 1.82) is 0 Å². The van der Waals surface area contributed by atoms with Gasteiger partial charge in [0.1, 0.15) is 5.82 Å². The highest BCUT2D eigenvalue weighted by Gasteiger charge is 2.27. The summed E-state index contributed by atoms with van der Waals surface area (Å²) < 4.78 is 49.1. The molecule has 0 saturated heterocycles. The van der Waals surface area contributed by atoms with Crippen molar-refractivity contribution in [3.8, 4) is 0 Å². The summed E-state index contributed by atoms with van der Waals surface area (Å²) in [5, 5.41) is 8.86. The van der Waals surface area contributed by atoms with Gasteiger partial charge in [0.25, 0.3) is 0 Å². The van der Waals surface area contributed by atoms with E-state index in [0.29, 0.717) is 11.3 Å². The van der Waals surface area contributed by atoms with Crippen LogP contribution in [0.3, 0.4) is 0 Å². The zero-order valence-corrected chi connectivity index (χ0v) is 9.26. The largest absolute Gasteiger partial charge is 0.392 e. The highest BCUT2D eigenvalue weighted by atomic mass is 19.4. The smallest absolute Gasteiger partial charge is 0.390 e. The second-order valence-electron chi connectivity index (χ2n) is 3.76. The molecule has 0 spiro atoms. The minimum atomic E-state index is -4.23. The minimum absolute atomic E-state index is 0.252. The van der Waals surface area contributed by atoms with Crippen LogP contribution in [0.5, 0.6) is 0 Å². The molecule has 0 unspecified atom stereocenters.